The lowest BCUT2D eigenvalue weighted by molar-refractivity contribution is -0.137. The van der Waals surface area contributed by atoms with Gasteiger partial charge in [-0.05, 0) is 26.0 Å². The molecule has 0 aliphatic rings. The molecule has 1 amide bonds. The van der Waals surface area contributed by atoms with Crippen LogP contribution in [0.2, 0.25) is 0 Å². The third-order valence-corrected chi connectivity index (χ3v) is 3.13. The molecule has 0 radical (unpaired) electrons. The molecule has 0 saturated heterocycles. The topological polar surface area (TPSA) is 92.4 Å². The van der Waals surface area contributed by atoms with Crippen LogP contribution in [0.4, 0.5) is 0 Å². The van der Waals surface area contributed by atoms with Gasteiger partial charge in [-0.3, -0.25) is 9.59 Å². The second-order valence-electron chi connectivity index (χ2n) is 5.13. The van der Waals surface area contributed by atoms with E-state index in [1.54, 1.807) is 13.8 Å². The van der Waals surface area contributed by atoms with Gasteiger partial charge in [-0.15, -0.1) is 0 Å². The fourth-order valence-corrected chi connectivity index (χ4v) is 2.09. The summed E-state index contributed by atoms with van der Waals surface area (Å²) < 4.78 is 5.59. The summed E-state index contributed by atoms with van der Waals surface area (Å²) in [5.74, 6) is -0.166. The fourth-order valence-electron chi connectivity index (χ4n) is 2.09. The van der Waals surface area contributed by atoms with Crippen molar-refractivity contribution in [3.63, 3.8) is 0 Å². The van der Waals surface area contributed by atoms with Crippen LogP contribution >= 0.6 is 0 Å². The molecule has 0 saturated carbocycles. The quantitative estimate of drug-likeness (QED) is 0.853. The predicted molar refractivity (Wildman–Crippen MR) is 80.2 cm³/mol. The summed E-state index contributed by atoms with van der Waals surface area (Å²) in [7, 11) is 0. The maximum absolute atomic E-state index is 11.9. The number of aryl methyl sites for hydroxylation is 1. The van der Waals surface area contributed by atoms with Crippen molar-refractivity contribution in [2.75, 3.05) is 0 Å². The molecule has 1 aromatic carbocycles. The van der Waals surface area contributed by atoms with Crippen LogP contribution in [0.25, 0.3) is 11.5 Å². The van der Waals surface area contributed by atoms with Crippen LogP contribution in [-0.2, 0) is 16.0 Å². The van der Waals surface area contributed by atoms with Crippen molar-refractivity contribution >= 4 is 11.9 Å². The fraction of sp³-hybridized carbons (Fsp3) is 0.312. The molecule has 22 heavy (non-hydrogen) atoms. The number of amides is 1. The summed E-state index contributed by atoms with van der Waals surface area (Å²) in [5.41, 5.74) is 1.40. The van der Waals surface area contributed by atoms with Crippen molar-refractivity contribution in [3.8, 4) is 11.5 Å². The highest BCUT2D eigenvalue weighted by Gasteiger charge is 2.16. The molecule has 1 heterocycles. The predicted octanol–water partition coefficient (Wildman–Crippen LogP) is 2.17. The number of nitrogens with one attached hydrogen (secondary N) is 1. The monoisotopic (exact) mass is 302 g/mol. The number of carbonyl (C=O) groups excluding carboxylic acids is 1. The normalized spacial score (nSPS) is 11.9. The zero-order valence-corrected chi connectivity index (χ0v) is 12.5. The van der Waals surface area contributed by atoms with Gasteiger partial charge in [0.05, 0.1) is 18.5 Å². The van der Waals surface area contributed by atoms with Crippen LogP contribution in [-0.4, -0.2) is 28.0 Å². The molecule has 0 fully saturated rings. The summed E-state index contributed by atoms with van der Waals surface area (Å²) in [6, 6.07) is 9.00. The third kappa shape index (κ3) is 4.18. The van der Waals surface area contributed by atoms with Crippen molar-refractivity contribution in [2.45, 2.75) is 32.7 Å². The van der Waals surface area contributed by atoms with Gasteiger partial charge in [0.25, 0.3) is 0 Å². The molecule has 1 aromatic heterocycles. The first-order valence-corrected chi connectivity index (χ1v) is 6.98. The maximum atomic E-state index is 11.9. The summed E-state index contributed by atoms with van der Waals surface area (Å²) in [6.45, 7) is 3.40. The van der Waals surface area contributed by atoms with E-state index in [0.717, 1.165) is 5.56 Å². The zero-order chi connectivity index (χ0) is 16.1. The van der Waals surface area contributed by atoms with Crippen LogP contribution in [0, 0.1) is 6.92 Å². The molecule has 0 spiro atoms. The molecule has 2 aromatic rings. The molecule has 0 aliphatic carbocycles. The third-order valence-electron chi connectivity index (χ3n) is 3.13. The van der Waals surface area contributed by atoms with E-state index in [-0.39, 0.29) is 18.7 Å². The van der Waals surface area contributed by atoms with E-state index in [1.165, 1.54) is 0 Å². The van der Waals surface area contributed by atoms with Gasteiger partial charge in [-0.2, -0.15) is 0 Å². The first-order chi connectivity index (χ1) is 10.5. The highest BCUT2D eigenvalue weighted by molar-refractivity contribution is 5.79. The number of hydrogen-bond donors (Lipinski definition) is 2. The molecule has 6 heteroatoms. The molecule has 1 atom stereocenters. The van der Waals surface area contributed by atoms with Crippen LogP contribution in [0.3, 0.4) is 0 Å². The lowest BCUT2D eigenvalue weighted by atomic mass is 10.2. The minimum atomic E-state index is -0.947. The highest BCUT2D eigenvalue weighted by atomic mass is 16.4. The van der Waals surface area contributed by atoms with Crippen molar-refractivity contribution in [2.24, 2.45) is 0 Å². The minimum absolute atomic E-state index is 0.0616. The lowest BCUT2D eigenvalue weighted by Crippen LogP contribution is -2.35. The van der Waals surface area contributed by atoms with Crippen LogP contribution in [0.5, 0.6) is 0 Å². The van der Waals surface area contributed by atoms with Crippen molar-refractivity contribution < 1.29 is 19.1 Å². The number of oxazole rings is 1. The van der Waals surface area contributed by atoms with Crippen LogP contribution in [0.1, 0.15) is 24.8 Å². The molecule has 2 N–H and O–H groups in total. The molecule has 116 valence electrons. The van der Waals surface area contributed by atoms with Gasteiger partial charge in [-0.1, -0.05) is 18.2 Å². The summed E-state index contributed by atoms with van der Waals surface area (Å²) >= 11 is 0. The highest BCUT2D eigenvalue weighted by Crippen LogP contribution is 2.21. The molecule has 2 rings (SSSR count). The lowest BCUT2D eigenvalue weighted by Gasteiger charge is -2.10. The van der Waals surface area contributed by atoms with Gasteiger partial charge in [0.2, 0.25) is 11.8 Å². The molecular formula is C16H18N2O4. The minimum Gasteiger partial charge on any atom is -0.481 e. The van der Waals surface area contributed by atoms with Gasteiger partial charge in [0.1, 0.15) is 5.76 Å². The number of nitrogens with zero attached hydrogens (tertiary/aromatic N) is 1. The Bertz CT molecular complexity index is 664. The van der Waals surface area contributed by atoms with Crippen LogP contribution in [0.15, 0.2) is 34.7 Å². The van der Waals surface area contributed by atoms with E-state index in [1.807, 2.05) is 30.3 Å². The number of hydrogen-bond acceptors (Lipinski definition) is 4. The summed E-state index contributed by atoms with van der Waals surface area (Å²) in [6.07, 6.45) is -0.0507. The standard InChI is InChI=1S/C16H18N2O4/c1-10(8-15(20)21)17-14(19)9-13-11(2)22-16(18-13)12-6-4-3-5-7-12/h3-7,10H,8-9H2,1-2H3,(H,17,19)(H,20,21). The van der Waals surface area contributed by atoms with E-state index in [4.69, 9.17) is 9.52 Å². The van der Waals surface area contributed by atoms with Gasteiger partial charge >= 0.3 is 5.97 Å². The number of benzene rings is 1. The van der Waals surface area contributed by atoms with Gasteiger partial charge in [0.15, 0.2) is 0 Å². The largest absolute Gasteiger partial charge is 0.481 e. The average Bonchev–Trinajstić information content (AvgIpc) is 2.80. The molecule has 0 bridgehead atoms. The summed E-state index contributed by atoms with van der Waals surface area (Å²) in [5, 5.41) is 11.3. The number of carbonyl (C=O) groups is 2. The van der Waals surface area contributed by atoms with E-state index >= 15 is 0 Å². The van der Waals surface area contributed by atoms with Crippen LogP contribution < -0.4 is 5.32 Å². The van der Waals surface area contributed by atoms with E-state index in [0.29, 0.717) is 17.3 Å². The first-order valence-electron chi connectivity index (χ1n) is 6.98. The smallest absolute Gasteiger partial charge is 0.305 e. The number of aromatic nitrogens is 1. The average molecular weight is 302 g/mol. The van der Waals surface area contributed by atoms with E-state index < -0.39 is 12.0 Å². The maximum Gasteiger partial charge on any atom is 0.305 e. The number of aliphatic carboxylic acids is 1. The second-order valence-corrected chi connectivity index (χ2v) is 5.13. The molecule has 0 aliphatic heterocycles. The Kier molecular flexibility index (Phi) is 4.93. The van der Waals surface area contributed by atoms with Crippen molar-refractivity contribution in [1.29, 1.82) is 0 Å². The van der Waals surface area contributed by atoms with Gasteiger partial charge < -0.3 is 14.8 Å². The number of rotatable bonds is 6. The second kappa shape index (κ2) is 6.89. The molecular weight excluding hydrogens is 284 g/mol. The SMILES string of the molecule is Cc1oc(-c2ccccc2)nc1CC(=O)NC(C)CC(=O)O. The zero-order valence-electron chi connectivity index (χ0n) is 12.5. The van der Waals surface area contributed by atoms with Gasteiger partial charge in [0, 0.05) is 11.6 Å². The van der Waals surface area contributed by atoms with E-state index in [9.17, 15) is 9.59 Å². The molecule has 1 unspecified atom stereocenters. The Morgan fingerprint density at radius 3 is 2.64 bits per heavy atom. The van der Waals surface area contributed by atoms with E-state index in [2.05, 4.69) is 10.3 Å². The number of carboxylic acids is 1. The van der Waals surface area contributed by atoms with Crippen molar-refractivity contribution in [3.05, 3.63) is 41.8 Å². The Hall–Kier alpha value is -2.63. The van der Waals surface area contributed by atoms with Crippen molar-refractivity contribution in [1.82, 2.24) is 10.3 Å². The molecule has 6 nitrogen and oxygen atoms in total. The Balaban J connectivity index is 2.03. The Morgan fingerprint density at radius 1 is 1.32 bits per heavy atom. The summed E-state index contributed by atoms with van der Waals surface area (Å²) in [4.78, 5) is 26.8. The first kappa shape index (κ1) is 15.8. The Labute approximate surface area is 128 Å². The number of carboxylic acid groups (broad SMARTS) is 1. The van der Waals surface area contributed by atoms with Gasteiger partial charge in [-0.25, -0.2) is 4.98 Å². The Morgan fingerprint density at radius 2 is 2.00 bits per heavy atom.